The number of hydrogen-bond donors (Lipinski definition) is 0. The van der Waals surface area contributed by atoms with E-state index in [2.05, 4.69) is 4.74 Å². The standard InChI is InChI=1S/C8H14O4/c1-4-8(2,3)7(11)12-5-6(9)10/h4-5H2,1-3H3,(H,9,10)/p-1. The third kappa shape index (κ3) is 3.37. The molecule has 0 amide bonds. The van der Waals surface area contributed by atoms with Gasteiger partial charge in [0.25, 0.3) is 0 Å². The molecule has 0 spiro atoms. The van der Waals surface area contributed by atoms with Gasteiger partial charge in [-0.05, 0) is 20.3 Å². The maximum atomic E-state index is 11.1. The van der Waals surface area contributed by atoms with Gasteiger partial charge in [0.2, 0.25) is 0 Å². The highest BCUT2D eigenvalue weighted by Gasteiger charge is 2.26. The van der Waals surface area contributed by atoms with Crippen molar-refractivity contribution in [2.45, 2.75) is 27.2 Å². The summed E-state index contributed by atoms with van der Waals surface area (Å²) >= 11 is 0. The number of carbonyl (C=O) groups is 2. The van der Waals surface area contributed by atoms with Gasteiger partial charge in [0, 0.05) is 0 Å². The van der Waals surface area contributed by atoms with Gasteiger partial charge in [0.15, 0.2) is 0 Å². The fourth-order valence-corrected chi connectivity index (χ4v) is 0.464. The molecule has 0 aliphatic heterocycles. The van der Waals surface area contributed by atoms with Crippen LogP contribution in [0, 0.1) is 5.41 Å². The average Bonchev–Trinajstić information content (AvgIpc) is 2.00. The Kier molecular flexibility index (Phi) is 3.73. The van der Waals surface area contributed by atoms with Crippen molar-refractivity contribution < 1.29 is 19.4 Å². The second kappa shape index (κ2) is 4.09. The van der Waals surface area contributed by atoms with E-state index >= 15 is 0 Å². The molecule has 0 heterocycles. The van der Waals surface area contributed by atoms with Gasteiger partial charge < -0.3 is 14.6 Å². The highest BCUT2D eigenvalue weighted by Crippen LogP contribution is 2.20. The fourth-order valence-electron chi connectivity index (χ4n) is 0.464. The van der Waals surface area contributed by atoms with Crippen molar-refractivity contribution in [1.82, 2.24) is 0 Å². The van der Waals surface area contributed by atoms with Crippen molar-refractivity contribution in [3.05, 3.63) is 0 Å². The molecule has 0 radical (unpaired) electrons. The molecule has 0 aliphatic carbocycles. The molecule has 4 nitrogen and oxygen atoms in total. The first-order valence-electron chi connectivity index (χ1n) is 3.77. The molecule has 0 aromatic carbocycles. The van der Waals surface area contributed by atoms with Gasteiger partial charge in [0.05, 0.1) is 11.4 Å². The number of esters is 1. The molecule has 0 fully saturated rings. The molecule has 0 rings (SSSR count). The summed E-state index contributed by atoms with van der Waals surface area (Å²) in [6.07, 6.45) is 0.610. The Balaban J connectivity index is 3.96. The molecule has 0 aromatic rings. The molecule has 12 heavy (non-hydrogen) atoms. The van der Waals surface area contributed by atoms with Crippen LogP contribution in [0.25, 0.3) is 0 Å². The van der Waals surface area contributed by atoms with Crippen LogP contribution in [-0.2, 0) is 14.3 Å². The maximum Gasteiger partial charge on any atom is 0.311 e. The van der Waals surface area contributed by atoms with Crippen molar-refractivity contribution in [3.8, 4) is 0 Å². The van der Waals surface area contributed by atoms with Crippen molar-refractivity contribution in [2.75, 3.05) is 6.61 Å². The topological polar surface area (TPSA) is 66.4 Å². The van der Waals surface area contributed by atoms with Crippen LogP contribution in [0.3, 0.4) is 0 Å². The number of ether oxygens (including phenoxy) is 1. The smallest absolute Gasteiger partial charge is 0.311 e. The van der Waals surface area contributed by atoms with Crippen LogP contribution >= 0.6 is 0 Å². The lowest BCUT2D eigenvalue weighted by Gasteiger charge is -2.20. The predicted molar refractivity (Wildman–Crippen MR) is 40.0 cm³/mol. The maximum absolute atomic E-state index is 11.1. The number of carboxylic acids is 1. The van der Waals surface area contributed by atoms with Crippen molar-refractivity contribution >= 4 is 11.9 Å². The van der Waals surface area contributed by atoms with Crippen molar-refractivity contribution in [1.29, 1.82) is 0 Å². The largest absolute Gasteiger partial charge is 0.546 e. The molecule has 0 unspecified atom stereocenters. The monoisotopic (exact) mass is 173 g/mol. The molecule has 0 N–H and O–H groups in total. The number of carbonyl (C=O) groups excluding carboxylic acids is 2. The number of carboxylic acid groups (broad SMARTS) is 1. The lowest BCUT2D eigenvalue weighted by Crippen LogP contribution is -2.33. The summed E-state index contributed by atoms with van der Waals surface area (Å²) in [5.74, 6) is -1.88. The van der Waals surface area contributed by atoms with Crippen LogP contribution in [0.5, 0.6) is 0 Å². The minimum absolute atomic E-state index is 0.505. The highest BCUT2D eigenvalue weighted by atomic mass is 16.6. The van der Waals surface area contributed by atoms with Gasteiger partial charge in [-0.3, -0.25) is 4.79 Å². The second-order valence-electron chi connectivity index (χ2n) is 3.19. The van der Waals surface area contributed by atoms with Crippen LogP contribution in [0.4, 0.5) is 0 Å². The highest BCUT2D eigenvalue weighted by molar-refractivity contribution is 5.78. The molecule has 0 atom stereocenters. The van der Waals surface area contributed by atoms with Gasteiger partial charge in [-0.2, -0.15) is 0 Å². The van der Waals surface area contributed by atoms with Crippen LogP contribution in [0.1, 0.15) is 27.2 Å². The molecule has 0 aliphatic rings. The molecule has 4 heteroatoms. The van der Waals surface area contributed by atoms with E-state index < -0.39 is 24.0 Å². The van der Waals surface area contributed by atoms with Gasteiger partial charge in [0.1, 0.15) is 6.61 Å². The number of hydrogen-bond acceptors (Lipinski definition) is 4. The molecule has 0 aromatic heterocycles. The summed E-state index contributed by atoms with van der Waals surface area (Å²) < 4.78 is 4.46. The molecule has 0 saturated carbocycles. The fraction of sp³-hybridized carbons (Fsp3) is 0.750. The van der Waals surface area contributed by atoms with E-state index in [0.29, 0.717) is 6.42 Å². The zero-order valence-electron chi connectivity index (χ0n) is 7.55. The van der Waals surface area contributed by atoms with E-state index in [4.69, 9.17) is 0 Å². The Morgan fingerprint density at radius 1 is 1.42 bits per heavy atom. The molecular formula is C8H13O4-. The Bertz CT molecular complexity index is 183. The van der Waals surface area contributed by atoms with E-state index in [1.165, 1.54) is 0 Å². The quantitative estimate of drug-likeness (QED) is 0.548. The van der Waals surface area contributed by atoms with E-state index in [1.54, 1.807) is 13.8 Å². The van der Waals surface area contributed by atoms with Crippen LogP contribution in [-0.4, -0.2) is 18.5 Å². The number of rotatable bonds is 4. The summed E-state index contributed by atoms with van der Waals surface area (Å²) in [6, 6.07) is 0. The summed E-state index contributed by atoms with van der Waals surface area (Å²) in [6.45, 7) is 4.57. The van der Waals surface area contributed by atoms with E-state index in [-0.39, 0.29) is 0 Å². The predicted octanol–water partition coefficient (Wildman–Crippen LogP) is -0.284. The first kappa shape index (κ1) is 10.9. The third-order valence-electron chi connectivity index (χ3n) is 1.76. The summed E-state index contributed by atoms with van der Waals surface area (Å²) in [5, 5.41) is 9.93. The zero-order valence-corrected chi connectivity index (χ0v) is 7.55. The summed E-state index contributed by atoms with van der Waals surface area (Å²) in [5.41, 5.74) is -0.616. The van der Waals surface area contributed by atoms with Crippen LogP contribution in [0.2, 0.25) is 0 Å². The van der Waals surface area contributed by atoms with Crippen molar-refractivity contribution in [3.63, 3.8) is 0 Å². The Morgan fingerprint density at radius 2 is 1.92 bits per heavy atom. The van der Waals surface area contributed by atoms with E-state index in [9.17, 15) is 14.7 Å². The first-order chi connectivity index (χ1) is 5.40. The van der Waals surface area contributed by atoms with Gasteiger partial charge >= 0.3 is 5.97 Å². The zero-order chi connectivity index (χ0) is 9.78. The van der Waals surface area contributed by atoms with Crippen molar-refractivity contribution in [2.24, 2.45) is 5.41 Å². The lowest BCUT2D eigenvalue weighted by atomic mass is 9.91. The van der Waals surface area contributed by atoms with E-state index in [1.807, 2.05) is 6.92 Å². The third-order valence-corrected chi connectivity index (χ3v) is 1.76. The van der Waals surface area contributed by atoms with Crippen LogP contribution < -0.4 is 5.11 Å². The average molecular weight is 173 g/mol. The summed E-state index contributed by atoms with van der Waals surface area (Å²) in [4.78, 5) is 21.0. The van der Waals surface area contributed by atoms with Crippen LogP contribution in [0.15, 0.2) is 0 Å². The van der Waals surface area contributed by atoms with Gasteiger partial charge in [-0.1, -0.05) is 6.92 Å². The molecular weight excluding hydrogens is 160 g/mol. The second-order valence-corrected chi connectivity index (χ2v) is 3.19. The normalized spacial score (nSPS) is 10.9. The number of aliphatic carboxylic acids is 1. The first-order valence-corrected chi connectivity index (χ1v) is 3.77. The van der Waals surface area contributed by atoms with Gasteiger partial charge in [-0.15, -0.1) is 0 Å². The van der Waals surface area contributed by atoms with Gasteiger partial charge in [-0.25, -0.2) is 0 Å². The Labute approximate surface area is 71.5 Å². The molecule has 0 saturated heterocycles. The minimum atomic E-state index is -1.38. The summed E-state index contributed by atoms with van der Waals surface area (Å²) in [7, 11) is 0. The lowest BCUT2D eigenvalue weighted by molar-refractivity contribution is -0.309. The minimum Gasteiger partial charge on any atom is -0.546 e. The van der Waals surface area contributed by atoms with E-state index in [0.717, 1.165) is 0 Å². The Hall–Kier alpha value is -1.06. The molecule has 0 bridgehead atoms. The molecule has 70 valence electrons. The Morgan fingerprint density at radius 3 is 2.25 bits per heavy atom. The SMILES string of the molecule is CCC(C)(C)C(=O)OCC(=O)[O-].